The second-order valence-electron chi connectivity index (χ2n) is 5.77. The highest BCUT2D eigenvalue weighted by Gasteiger charge is 2.29. The molecule has 132 valence electrons. The number of aliphatic carboxylic acids is 1. The molecule has 1 atom stereocenters. The summed E-state index contributed by atoms with van der Waals surface area (Å²) in [5.74, 6) is -0.826. The van der Waals surface area contributed by atoms with Crippen LogP contribution in [0.5, 0.6) is 11.5 Å². The number of methoxy groups -OCH3 is 1. The van der Waals surface area contributed by atoms with Crippen molar-refractivity contribution in [2.45, 2.75) is 26.2 Å². The van der Waals surface area contributed by atoms with Crippen molar-refractivity contribution in [3.05, 3.63) is 22.7 Å². The van der Waals surface area contributed by atoms with Crippen molar-refractivity contribution >= 4 is 23.5 Å². The standard InChI is InChI=1S/C17H22ClNO5/c1-3-7-24-15-13(18)8-12(9-14(15)23-2)16(20)19-6-4-5-11(10-19)17(21)22/h8-9,11H,3-7,10H2,1-2H3,(H,21,22)/t11-/m0/s1. The highest BCUT2D eigenvalue weighted by Crippen LogP contribution is 2.37. The zero-order chi connectivity index (χ0) is 17.7. The fourth-order valence-corrected chi connectivity index (χ4v) is 3.00. The molecule has 0 aliphatic carbocycles. The zero-order valence-corrected chi connectivity index (χ0v) is 14.6. The molecule has 0 radical (unpaired) electrons. The first-order chi connectivity index (χ1) is 11.5. The highest BCUT2D eigenvalue weighted by molar-refractivity contribution is 6.32. The summed E-state index contributed by atoms with van der Waals surface area (Å²) in [6.07, 6.45) is 2.09. The van der Waals surface area contributed by atoms with Gasteiger partial charge in [-0.1, -0.05) is 18.5 Å². The van der Waals surface area contributed by atoms with Crippen molar-refractivity contribution in [3.8, 4) is 11.5 Å². The van der Waals surface area contributed by atoms with Gasteiger partial charge in [0.25, 0.3) is 5.91 Å². The molecule has 1 saturated heterocycles. The minimum absolute atomic E-state index is 0.211. The van der Waals surface area contributed by atoms with E-state index in [1.807, 2.05) is 6.92 Å². The van der Waals surface area contributed by atoms with E-state index in [1.54, 1.807) is 17.0 Å². The summed E-state index contributed by atoms with van der Waals surface area (Å²) in [5.41, 5.74) is 0.367. The van der Waals surface area contributed by atoms with Crippen molar-refractivity contribution < 1.29 is 24.2 Å². The molecule has 1 heterocycles. The van der Waals surface area contributed by atoms with E-state index in [-0.39, 0.29) is 12.5 Å². The van der Waals surface area contributed by atoms with Crippen LogP contribution in [-0.2, 0) is 4.79 Å². The molecular formula is C17H22ClNO5. The fraction of sp³-hybridized carbons (Fsp3) is 0.529. The molecule has 1 amide bonds. The average molecular weight is 356 g/mol. The second-order valence-corrected chi connectivity index (χ2v) is 6.17. The number of rotatable bonds is 6. The van der Waals surface area contributed by atoms with Crippen LogP contribution in [0.15, 0.2) is 12.1 Å². The van der Waals surface area contributed by atoms with Crippen molar-refractivity contribution in [2.75, 3.05) is 26.8 Å². The number of carboxylic acids is 1. The number of carbonyl (C=O) groups is 2. The Kier molecular flexibility index (Phi) is 6.31. The normalized spacial score (nSPS) is 17.5. The summed E-state index contributed by atoms with van der Waals surface area (Å²) >= 11 is 6.24. The van der Waals surface area contributed by atoms with Gasteiger partial charge in [0.05, 0.1) is 24.7 Å². The summed E-state index contributed by atoms with van der Waals surface area (Å²) in [5, 5.41) is 9.46. The molecule has 1 N–H and O–H groups in total. The van der Waals surface area contributed by atoms with Gasteiger partial charge in [0.1, 0.15) is 0 Å². The van der Waals surface area contributed by atoms with E-state index in [9.17, 15) is 9.59 Å². The molecule has 0 saturated carbocycles. The average Bonchev–Trinajstić information content (AvgIpc) is 2.59. The lowest BCUT2D eigenvalue weighted by molar-refractivity contribution is -0.143. The van der Waals surface area contributed by atoms with E-state index in [0.29, 0.717) is 48.1 Å². The van der Waals surface area contributed by atoms with E-state index in [2.05, 4.69) is 0 Å². The molecule has 1 fully saturated rings. The van der Waals surface area contributed by atoms with Crippen LogP contribution in [0.2, 0.25) is 5.02 Å². The highest BCUT2D eigenvalue weighted by atomic mass is 35.5. The lowest BCUT2D eigenvalue weighted by Gasteiger charge is -2.31. The number of ether oxygens (including phenoxy) is 2. The number of carboxylic acid groups (broad SMARTS) is 1. The third-order valence-corrected chi connectivity index (χ3v) is 4.27. The topological polar surface area (TPSA) is 76.1 Å². The van der Waals surface area contributed by atoms with E-state index in [0.717, 1.165) is 6.42 Å². The second kappa shape index (κ2) is 8.24. The van der Waals surface area contributed by atoms with Gasteiger partial charge in [-0.2, -0.15) is 0 Å². The maximum absolute atomic E-state index is 12.7. The van der Waals surface area contributed by atoms with Gasteiger partial charge in [-0.15, -0.1) is 0 Å². The first-order valence-corrected chi connectivity index (χ1v) is 8.38. The van der Waals surface area contributed by atoms with Crippen LogP contribution in [-0.4, -0.2) is 48.7 Å². The molecule has 1 aromatic rings. The van der Waals surface area contributed by atoms with E-state index in [4.69, 9.17) is 26.2 Å². The van der Waals surface area contributed by atoms with Crippen LogP contribution in [0.1, 0.15) is 36.5 Å². The molecule has 1 aliphatic rings. The van der Waals surface area contributed by atoms with Gasteiger partial charge in [0.2, 0.25) is 0 Å². The smallest absolute Gasteiger partial charge is 0.308 e. The summed E-state index contributed by atoms with van der Waals surface area (Å²) in [7, 11) is 1.49. The van der Waals surface area contributed by atoms with Gasteiger partial charge >= 0.3 is 5.97 Å². The van der Waals surface area contributed by atoms with E-state index >= 15 is 0 Å². The summed E-state index contributed by atoms with van der Waals surface area (Å²) < 4.78 is 10.9. The number of piperidine rings is 1. The Bertz CT molecular complexity index is 619. The quantitative estimate of drug-likeness (QED) is 0.848. The predicted molar refractivity (Wildman–Crippen MR) is 90.1 cm³/mol. The van der Waals surface area contributed by atoms with Gasteiger partial charge in [-0.25, -0.2) is 0 Å². The maximum Gasteiger partial charge on any atom is 0.308 e. The van der Waals surface area contributed by atoms with Crippen LogP contribution in [0.4, 0.5) is 0 Å². The molecule has 1 aliphatic heterocycles. The molecule has 0 unspecified atom stereocenters. The number of carbonyl (C=O) groups excluding carboxylic acids is 1. The van der Waals surface area contributed by atoms with E-state index in [1.165, 1.54) is 7.11 Å². The van der Waals surface area contributed by atoms with Crippen molar-refractivity contribution in [3.63, 3.8) is 0 Å². The number of nitrogens with zero attached hydrogens (tertiary/aromatic N) is 1. The van der Waals surface area contributed by atoms with Gasteiger partial charge in [0, 0.05) is 18.7 Å². The Labute approximate surface area is 146 Å². The Morgan fingerprint density at radius 2 is 2.17 bits per heavy atom. The Balaban J connectivity index is 2.23. The maximum atomic E-state index is 12.7. The molecular weight excluding hydrogens is 334 g/mol. The minimum atomic E-state index is -0.869. The van der Waals surface area contributed by atoms with Crippen LogP contribution < -0.4 is 9.47 Å². The first kappa shape index (κ1) is 18.4. The Hall–Kier alpha value is -1.95. The van der Waals surface area contributed by atoms with Crippen molar-refractivity contribution in [1.29, 1.82) is 0 Å². The lowest BCUT2D eigenvalue weighted by Crippen LogP contribution is -2.42. The third-order valence-electron chi connectivity index (χ3n) is 3.98. The number of hydrogen-bond donors (Lipinski definition) is 1. The SMILES string of the molecule is CCCOc1c(Cl)cc(C(=O)N2CCC[C@H](C(=O)O)C2)cc1OC. The van der Waals surface area contributed by atoms with E-state index < -0.39 is 11.9 Å². The van der Waals surface area contributed by atoms with Crippen molar-refractivity contribution in [2.24, 2.45) is 5.92 Å². The Morgan fingerprint density at radius 1 is 1.42 bits per heavy atom. The fourth-order valence-electron chi connectivity index (χ4n) is 2.73. The molecule has 7 heteroatoms. The first-order valence-electron chi connectivity index (χ1n) is 8.00. The molecule has 2 rings (SSSR count). The lowest BCUT2D eigenvalue weighted by atomic mass is 9.97. The van der Waals surface area contributed by atoms with Crippen LogP contribution in [0, 0.1) is 5.92 Å². The molecule has 0 aromatic heterocycles. The third kappa shape index (κ3) is 4.12. The molecule has 0 spiro atoms. The summed E-state index contributed by atoms with van der Waals surface area (Å²) in [4.78, 5) is 25.4. The van der Waals surface area contributed by atoms with Gasteiger partial charge in [-0.05, 0) is 31.4 Å². The largest absolute Gasteiger partial charge is 0.493 e. The number of likely N-dealkylation sites (tertiary alicyclic amines) is 1. The summed E-state index contributed by atoms with van der Waals surface area (Å²) in [6, 6.07) is 3.13. The van der Waals surface area contributed by atoms with Gasteiger partial charge in [-0.3, -0.25) is 9.59 Å². The minimum Gasteiger partial charge on any atom is -0.493 e. The number of hydrogen-bond acceptors (Lipinski definition) is 4. The van der Waals surface area contributed by atoms with Crippen LogP contribution in [0.3, 0.4) is 0 Å². The predicted octanol–water partition coefficient (Wildman–Crippen LogP) is 3.07. The van der Waals surface area contributed by atoms with Gasteiger partial charge < -0.3 is 19.5 Å². The molecule has 1 aromatic carbocycles. The molecule has 6 nitrogen and oxygen atoms in total. The Morgan fingerprint density at radius 3 is 2.79 bits per heavy atom. The summed E-state index contributed by atoms with van der Waals surface area (Å²) in [6.45, 7) is 3.22. The van der Waals surface area contributed by atoms with Crippen molar-refractivity contribution in [1.82, 2.24) is 4.90 Å². The monoisotopic (exact) mass is 355 g/mol. The molecule has 0 bridgehead atoms. The number of benzene rings is 1. The molecule has 24 heavy (non-hydrogen) atoms. The van der Waals surface area contributed by atoms with Crippen LogP contribution in [0.25, 0.3) is 0 Å². The van der Waals surface area contributed by atoms with Gasteiger partial charge in [0.15, 0.2) is 11.5 Å². The number of amides is 1. The van der Waals surface area contributed by atoms with Crippen LogP contribution >= 0.6 is 11.6 Å². The number of halogens is 1. The zero-order valence-electron chi connectivity index (χ0n) is 13.9.